The van der Waals surface area contributed by atoms with Gasteiger partial charge in [0.1, 0.15) is 16.8 Å². The normalized spacial score (nSPS) is 11.4. The van der Waals surface area contributed by atoms with Crippen molar-refractivity contribution in [3.63, 3.8) is 0 Å². The Kier molecular flexibility index (Phi) is 3.61. The third-order valence-corrected chi connectivity index (χ3v) is 2.41. The number of nitrogens with one attached hydrogen (secondary N) is 1. The third-order valence-electron chi connectivity index (χ3n) is 2.22. The van der Waals surface area contributed by atoms with E-state index < -0.39 is 17.6 Å². The fraction of sp³-hybridized carbons (Fsp3) is 0.0833. The van der Waals surface area contributed by atoms with Crippen LogP contribution in [0.15, 0.2) is 36.4 Å². The van der Waals surface area contributed by atoms with E-state index in [1.165, 1.54) is 18.2 Å². The average Bonchev–Trinajstić information content (AvgIpc) is 2.26. The van der Waals surface area contributed by atoms with Crippen LogP contribution in [0.2, 0.25) is 5.15 Å². The van der Waals surface area contributed by atoms with Crippen LogP contribution in [-0.2, 0) is 6.18 Å². The second-order valence-electron chi connectivity index (χ2n) is 3.70. The summed E-state index contributed by atoms with van der Waals surface area (Å²) in [6, 6.07) is 6.80. The van der Waals surface area contributed by atoms with E-state index in [0.29, 0.717) is 0 Å². The first-order valence-corrected chi connectivity index (χ1v) is 5.50. The highest BCUT2D eigenvalue weighted by atomic mass is 35.5. The topological polar surface area (TPSA) is 24.9 Å². The number of hydrogen-bond donors (Lipinski definition) is 1. The molecule has 1 N–H and O–H groups in total. The van der Waals surface area contributed by atoms with E-state index in [0.717, 1.165) is 18.2 Å². The molecule has 0 radical (unpaired) electrons. The minimum atomic E-state index is -4.52. The molecule has 1 heterocycles. The van der Waals surface area contributed by atoms with E-state index in [2.05, 4.69) is 10.3 Å². The third kappa shape index (κ3) is 3.57. The van der Waals surface area contributed by atoms with E-state index in [-0.39, 0.29) is 16.7 Å². The zero-order chi connectivity index (χ0) is 14.0. The fourth-order valence-electron chi connectivity index (χ4n) is 1.44. The number of benzene rings is 1. The van der Waals surface area contributed by atoms with E-state index in [4.69, 9.17) is 11.6 Å². The number of rotatable bonds is 2. The van der Waals surface area contributed by atoms with Crippen LogP contribution in [0.1, 0.15) is 5.56 Å². The van der Waals surface area contributed by atoms with Gasteiger partial charge in [0.25, 0.3) is 0 Å². The average molecular weight is 291 g/mol. The van der Waals surface area contributed by atoms with Gasteiger partial charge in [0.2, 0.25) is 0 Å². The quantitative estimate of drug-likeness (QED) is 0.644. The molecule has 0 spiro atoms. The molecule has 7 heteroatoms. The standard InChI is InChI=1S/C12H7ClF4N2/c13-10-4-7(12(15,16)17)5-11(19-10)18-9-3-1-2-8(14)6-9/h1-6H,(H,18,19). The highest BCUT2D eigenvalue weighted by molar-refractivity contribution is 6.29. The summed E-state index contributed by atoms with van der Waals surface area (Å²) in [5.74, 6) is -0.617. The van der Waals surface area contributed by atoms with Crippen LogP contribution in [0, 0.1) is 5.82 Å². The molecule has 19 heavy (non-hydrogen) atoms. The molecule has 2 aromatic rings. The molecule has 0 aliphatic rings. The predicted octanol–water partition coefficient (Wildman–Crippen LogP) is 4.64. The van der Waals surface area contributed by atoms with Crippen molar-refractivity contribution < 1.29 is 17.6 Å². The van der Waals surface area contributed by atoms with Crippen molar-refractivity contribution in [2.75, 3.05) is 5.32 Å². The number of anilines is 2. The van der Waals surface area contributed by atoms with Gasteiger partial charge >= 0.3 is 6.18 Å². The van der Waals surface area contributed by atoms with Gasteiger partial charge in [-0.2, -0.15) is 13.2 Å². The van der Waals surface area contributed by atoms with Crippen molar-refractivity contribution >= 4 is 23.1 Å². The van der Waals surface area contributed by atoms with Crippen LogP contribution < -0.4 is 5.32 Å². The molecule has 0 amide bonds. The Morgan fingerprint density at radius 2 is 1.84 bits per heavy atom. The van der Waals surface area contributed by atoms with E-state index in [1.807, 2.05) is 0 Å². The first kappa shape index (κ1) is 13.6. The van der Waals surface area contributed by atoms with Crippen molar-refractivity contribution in [3.8, 4) is 0 Å². The fourth-order valence-corrected chi connectivity index (χ4v) is 1.65. The first-order chi connectivity index (χ1) is 8.84. The summed E-state index contributed by atoms with van der Waals surface area (Å²) in [7, 11) is 0. The van der Waals surface area contributed by atoms with Gasteiger partial charge in [0, 0.05) is 5.69 Å². The van der Waals surface area contributed by atoms with Crippen LogP contribution in [-0.4, -0.2) is 4.98 Å². The Hall–Kier alpha value is -1.82. The Labute approximate surface area is 111 Å². The molecule has 0 aliphatic heterocycles. The molecule has 100 valence electrons. The van der Waals surface area contributed by atoms with Gasteiger partial charge in [0.15, 0.2) is 0 Å². The maximum Gasteiger partial charge on any atom is 0.416 e. The molecule has 1 aromatic carbocycles. The van der Waals surface area contributed by atoms with Gasteiger partial charge in [-0.3, -0.25) is 0 Å². The van der Waals surface area contributed by atoms with Crippen LogP contribution in [0.5, 0.6) is 0 Å². The molecule has 0 fully saturated rings. The van der Waals surface area contributed by atoms with Crippen molar-refractivity contribution in [1.29, 1.82) is 0 Å². The number of alkyl halides is 3. The highest BCUT2D eigenvalue weighted by Crippen LogP contribution is 2.32. The molecule has 0 saturated carbocycles. The van der Waals surface area contributed by atoms with Gasteiger partial charge in [-0.1, -0.05) is 17.7 Å². The zero-order valence-corrected chi connectivity index (χ0v) is 10.1. The molecule has 0 bridgehead atoms. The van der Waals surface area contributed by atoms with Crippen LogP contribution in [0.4, 0.5) is 29.1 Å². The Morgan fingerprint density at radius 3 is 2.47 bits per heavy atom. The predicted molar refractivity (Wildman–Crippen MR) is 63.9 cm³/mol. The number of nitrogens with zero attached hydrogens (tertiary/aromatic N) is 1. The monoisotopic (exact) mass is 290 g/mol. The molecular weight excluding hydrogens is 284 g/mol. The molecule has 0 aliphatic carbocycles. The van der Waals surface area contributed by atoms with Gasteiger partial charge in [-0.05, 0) is 30.3 Å². The lowest BCUT2D eigenvalue weighted by atomic mass is 10.2. The van der Waals surface area contributed by atoms with Gasteiger partial charge in [-0.25, -0.2) is 9.37 Å². The number of hydrogen-bond acceptors (Lipinski definition) is 2. The van der Waals surface area contributed by atoms with Gasteiger partial charge in [0.05, 0.1) is 5.56 Å². The van der Waals surface area contributed by atoms with E-state index in [1.54, 1.807) is 0 Å². The van der Waals surface area contributed by atoms with E-state index >= 15 is 0 Å². The van der Waals surface area contributed by atoms with Crippen LogP contribution >= 0.6 is 11.6 Å². The molecule has 2 rings (SSSR count). The summed E-state index contributed by atoms with van der Waals surface area (Å²) in [6.45, 7) is 0. The lowest BCUT2D eigenvalue weighted by Gasteiger charge is -2.10. The summed E-state index contributed by atoms with van der Waals surface area (Å²) >= 11 is 5.53. The number of pyridine rings is 1. The summed E-state index contributed by atoms with van der Waals surface area (Å²) in [5, 5.41) is 2.27. The van der Waals surface area contributed by atoms with E-state index in [9.17, 15) is 17.6 Å². The number of aromatic nitrogens is 1. The SMILES string of the molecule is Fc1cccc(Nc2cc(C(F)(F)F)cc(Cl)n2)c1. The lowest BCUT2D eigenvalue weighted by Crippen LogP contribution is -2.06. The smallest absolute Gasteiger partial charge is 0.340 e. The van der Waals surface area contributed by atoms with Crippen LogP contribution in [0.3, 0.4) is 0 Å². The minimum absolute atomic E-state index is 0.106. The molecule has 0 saturated heterocycles. The van der Waals surface area contributed by atoms with Crippen molar-refractivity contribution in [1.82, 2.24) is 4.98 Å². The van der Waals surface area contributed by atoms with Crippen molar-refractivity contribution in [2.45, 2.75) is 6.18 Å². The molecule has 0 atom stereocenters. The van der Waals surface area contributed by atoms with Crippen LogP contribution in [0.25, 0.3) is 0 Å². The number of halogens is 5. The second kappa shape index (κ2) is 5.05. The summed E-state index contributed by atoms with van der Waals surface area (Å²) < 4.78 is 50.7. The lowest BCUT2D eigenvalue weighted by molar-refractivity contribution is -0.137. The Morgan fingerprint density at radius 1 is 1.11 bits per heavy atom. The molecular formula is C12H7ClF4N2. The minimum Gasteiger partial charge on any atom is -0.340 e. The summed E-state index contributed by atoms with van der Waals surface area (Å²) in [4.78, 5) is 3.70. The summed E-state index contributed by atoms with van der Waals surface area (Å²) in [6.07, 6.45) is -4.52. The molecule has 0 unspecified atom stereocenters. The maximum absolute atomic E-state index is 13.0. The van der Waals surface area contributed by atoms with Crippen molar-refractivity contribution in [2.24, 2.45) is 0 Å². The molecule has 2 nitrogen and oxygen atoms in total. The first-order valence-electron chi connectivity index (χ1n) is 5.12. The Bertz CT molecular complexity index is 599. The Balaban J connectivity index is 2.33. The highest BCUT2D eigenvalue weighted by Gasteiger charge is 2.31. The summed E-state index contributed by atoms with van der Waals surface area (Å²) in [5.41, 5.74) is -0.644. The van der Waals surface area contributed by atoms with Gasteiger partial charge < -0.3 is 5.32 Å². The van der Waals surface area contributed by atoms with Crippen molar-refractivity contribution in [3.05, 3.63) is 52.9 Å². The largest absolute Gasteiger partial charge is 0.416 e. The maximum atomic E-state index is 13.0. The zero-order valence-electron chi connectivity index (χ0n) is 9.30. The van der Waals surface area contributed by atoms with Gasteiger partial charge in [-0.15, -0.1) is 0 Å². The molecule has 1 aromatic heterocycles. The second-order valence-corrected chi connectivity index (χ2v) is 4.08.